The van der Waals surface area contributed by atoms with E-state index in [1.165, 1.54) is 5.56 Å². The van der Waals surface area contributed by atoms with Gasteiger partial charge >= 0.3 is 0 Å². The Morgan fingerprint density at radius 3 is 2.21 bits per heavy atom. The second-order valence-corrected chi connectivity index (χ2v) is 8.20. The van der Waals surface area contributed by atoms with Crippen LogP contribution in [0.25, 0.3) is 0 Å². The molecule has 0 aliphatic carbocycles. The average molecular weight is 345 g/mol. The normalized spacial score (nSPS) is 11.3. The first kappa shape index (κ1) is 18.2. The number of aryl methyl sites for hydroxylation is 3. The van der Waals surface area contributed by atoms with E-state index in [2.05, 4.69) is 11.4 Å². The summed E-state index contributed by atoms with van der Waals surface area (Å²) in [6.07, 6.45) is -0.0406. The van der Waals surface area contributed by atoms with Crippen molar-refractivity contribution >= 4 is 15.7 Å². The number of nitrogens with one attached hydrogen (secondary N) is 1. The summed E-state index contributed by atoms with van der Waals surface area (Å²) in [6.45, 7) is 6.33. The summed E-state index contributed by atoms with van der Waals surface area (Å²) >= 11 is 0. The molecule has 0 saturated carbocycles. The highest BCUT2D eigenvalue weighted by molar-refractivity contribution is 7.91. The molecule has 5 heteroatoms. The van der Waals surface area contributed by atoms with E-state index in [4.69, 9.17) is 0 Å². The lowest BCUT2D eigenvalue weighted by Gasteiger charge is -2.09. The van der Waals surface area contributed by atoms with E-state index < -0.39 is 9.84 Å². The maximum atomic E-state index is 12.2. The van der Waals surface area contributed by atoms with Gasteiger partial charge in [0.1, 0.15) is 0 Å². The van der Waals surface area contributed by atoms with Crippen LogP contribution in [0.2, 0.25) is 0 Å². The van der Waals surface area contributed by atoms with E-state index in [-0.39, 0.29) is 23.0 Å². The van der Waals surface area contributed by atoms with Gasteiger partial charge in [-0.15, -0.1) is 0 Å². The molecule has 0 radical (unpaired) electrons. The Morgan fingerprint density at radius 1 is 0.958 bits per heavy atom. The van der Waals surface area contributed by atoms with E-state index in [0.717, 1.165) is 16.7 Å². The van der Waals surface area contributed by atoms with Crippen molar-refractivity contribution in [2.24, 2.45) is 0 Å². The largest absolute Gasteiger partial charge is 0.352 e. The molecular weight excluding hydrogens is 322 g/mol. The Labute approximate surface area is 143 Å². The lowest BCUT2D eigenvalue weighted by atomic mass is 10.1. The molecule has 4 nitrogen and oxygen atoms in total. The average Bonchev–Trinajstić information content (AvgIpc) is 2.52. The molecule has 24 heavy (non-hydrogen) atoms. The number of carbonyl (C=O) groups is 1. The van der Waals surface area contributed by atoms with Gasteiger partial charge in [0, 0.05) is 13.0 Å². The zero-order valence-corrected chi connectivity index (χ0v) is 15.1. The van der Waals surface area contributed by atoms with Crippen LogP contribution in [0.4, 0.5) is 0 Å². The fourth-order valence-electron chi connectivity index (χ4n) is 2.42. The van der Waals surface area contributed by atoms with Gasteiger partial charge < -0.3 is 5.32 Å². The van der Waals surface area contributed by atoms with Gasteiger partial charge in [0.25, 0.3) is 0 Å². The topological polar surface area (TPSA) is 63.2 Å². The highest BCUT2D eigenvalue weighted by Crippen LogP contribution is 2.13. The summed E-state index contributed by atoms with van der Waals surface area (Å²) in [4.78, 5) is 12.2. The van der Waals surface area contributed by atoms with Gasteiger partial charge in [-0.25, -0.2) is 8.42 Å². The quantitative estimate of drug-likeness (QED) is 0.875. The standard InChI is InChI=1S/C19H23NO3S/c1-14-5-8-18(9-6-14)24(22,23)11-10-19(21)20-13-17-7-4-15(2)12-16(17)3/h4-9,12H,10-11,13H2,1-3H3,(H,20,21). The number of sulfone groups is 1. The molecule has 0 spiro atoms. The third kappa shape index (κ3) is 4.93. The number of benzene rings is 2. The molecule has 0 saturated heterocycles. The summed E-state index contributed by atoms with van der Waals surface area (Å²) in [5.41, 5.74) is 4.32. The van der Waals surface area contributed by atoms with E-state index in [9.17, 15) is 13.2 Å². The lowest BCUT2D eigenvalue weighted by molar-refractivity contribution is -0.120. The van der Waals surface area contributed by atoms with Gasteiger partial charge in [0.15, 0.2) is 9.84 Å². The molecule has 0 fully saturated rings. The molecule has 2 aromatic rings. The molecular formula is C19H23NO3S. The molecule has 0 unspecified atom stereocenters. The van der Waals surface area contributed by atoms with Crippen molar-refractivity contribution in [2.75, 3.05) is 5.75 Å². The first-order chi connectivity index (χ1) is 11.3. The van der Waals surface area contributed by atoms with Crippen LogP contribution in [-0.4, -0.2) is 20.1 Å². The van der Waals surface area contributed by atoms with Crippen LogP contribution in [0.5, 0.6) is 0 Å². The van der Waals surface area contributed by atoms with Gasteiger partial charge in [-0.3, -0.25) is 4.79 Å². The van der Waals surface area contributed by atoms with Crippen molar-refractivity contribution in [1.82, 2.24) is 5.32 Å². The third-order valence-electron chi connectivity index (χ3n) is 3.95. The van der Waals surface area contributed by atoms with E-state index >= 15 is 0 Å². The number of amides is 1. The SMILES string of the molecule is Cc1ccc(S(=O)(=O)CCC(=O)NCc2ccc(C)cc2C)cc1. The van der Waals surface area contributed by atoms with Gasteiger partial charge in [-0.05, 0) is 44.0 Å². The smallest absolute Gasteiger partial charge is 0.221 e. The van der Waals surface area contributed by atoms with Gasteiger partial charge in [0.05, 0.1) is 10.6 Å². The fraction of sp³-hybridized carbons (Fsp3) is 0.316. The van der Waals surface area contributed by atoms with Crippen LogP contribution < -0.4 is 5.32 Å². The number of carbonyl (C=O) groups excluding carboxylic acids is 1. The van der Waals surface area contributed by atoms with Crippen LogP contribution in [0.15, 0.2) is 47.4 Å². The third-order valence-corrected chi connectivity index (χ3v) is 5.68. The van der Waals surface area contributed by atoms with Gasteiger partial charge in [-0.1, -0.05) is 41.5 Å². The minimum atomic E-state index is -3.43. The Balaban J connectivity index is 1.89. The minimum Gasteiger partial charge on any atom is -0.352 e. The van der Waals surface area contributed by atoms with Crippen molar-refractivity contribution < 1.29 is 13.2 Å². The van der Waals surface area contributed by atoms with E-state index in [1.807, 2.05) is 32.9 Å². The number of rotatable bonds is 6. The zero-order chi connectivity index (χ0) is 17.7. The van der Waals surface area contributed by atoms with Gasteiger partial charge in [0.2, 0.25) is 5.91 Å². The van der Waals surface area contributed by atoms with Crippen LogP contribution in [0, 0.1) is 20.8 Å². The molecule has 0 aliphatic rings. The predicted octanol–water partition coefficient (Wildman–Crippen LogP) is 3.09. The molecule has 2 rings (SSSR count). The molecule has 0 aromatic heterocycles. The van der Waals surface area contributed by atoms with Crippen molar-refractivity contribution in [1.29, 1.82) is 0 Å². The summed E-state index contributed by atoms with van der Waals surface area (Å²) in [7, 11) is -3.43. The van der Waals surface area contributed by atoms with Crippen LogP contribution in [0.3, 0.4) is 0 Å². The van der Waals surface area contributed by atoms with Crippen molar-refractivity contribution in [3.63, 3.8) is 0 Å². The van der Waals surface area contributed by atoms with Gasteiger partial charge in [-0.2, -0.15) is 0 Å². The van der Waals surface area contributed by atoms with Crippen LogP contribution in [0.1, 0.15) is 28.7 Å². The number of hydrogen-bond acceptors (Lipinski definition) is 3. The Bertz CT molecular complexity index is 824. The van der Waals surface area contributed by atoms with Crippen LogP contribution in [-0.2, 0) is 21.2 Å². The molecule has 128 valence electrons. The van der Waals surface area contributed by atoms with Crippen molar-refractivity contribution in [2.45, 2.75) is 38.6 Å². The minimum absolute atomic E-state index is 0.0406. The maximum Gasteiger partial charge on any atom is 0.221 e. The van der Waals surface area contributed by atoms with Crippen molar-refractivity contribution in [3.05, 3.63) is 64.7 Å². The summed E-state index contributed by atoms with van der Waals surface area (Å²) in [6, 6.07) is 12.7. The van der Waals surface area contributed by atoms with Crippen LogP contribution >= 0.6 is 0 Å². The fourth-order valence-corrected chi connectivity index (χ4v) is 3.66. The first-order valence-electron chi connectivity index (χ1n) is 7.90. The second kappa shape index (κ2) is 7.62. The highest BCUT2D eigenvalue weighted by Gasteiger charge is 2.16. The summed E-state index contributed by atoms with van der Waals surface area (Å²) < 4.78 is 24.5. The molecule has 1 N–H and O–H groups in total. The lowest BCUT2D eigenvalue weighted by Crippen LogP contribution is -2.25. The Morgan fingerprint density at radius 2 is 1.58 bits per heavy atom. The van der Waals surface area contributed by atoms with Crippen molar-refractivity contribution in [3.8, 4) is 0 Å². The van der Waals surface area contributed by atoms with E-state index in [1.54, 1.807) is 24.3 Å². The molecule has 1 amide bonds. The maximum absolute atomic E-state index is 12.2. The summed E-state index contributed by atoms with van der Waals surface area (Å²) in [5.74, 6) is -0.444. The zero-order valence-electron chi connectivity index (χ0n) is 14.3. The molecule has 0 bridgehead atoms. The monoisotopic (exact) mass is 345 g/mol. The van der Waals surface area contributed by atoms with E-state index in [0.29, 0.717) is 6.54 Å². The predicted molar refractivity (Wildman–Crippen MR) is 95.6 cm³/mol. The first-order valence-corrected chi connectivity index (χ1v) is 9.55. The Kier molecular flexibility index (Phi) is 5.78. The Hall–Kier alpha value is -2.14. The second-order valence-electron chi connectivity index (χ2n) is 6.09. The molecule has 0 atom stereocenters. The number of hydrogen-bond donors (Lipinski definition) is 1. The molecule has 2 aromatic carbocycles. The molecule has 0 heterocycles. The molecule has 0 aliphatic heterocycles. The summed E-state index contributed by atoms with van der Waals surface area (Å²) in [5, 5.41) is 2.79. The highest BCUT2D eigenvalue weighted by atomic mass is 32.2.